The summed E-state index contributed by atoms with van der Waals surface area (Å²) in [6.07, 6.45) is 1.72. The maximum atomic E-state index is 12.2. The van der Waals surface area contributed by atoms with E-state index in [2.05, 4.69) is 63.3 Å². The van der Waals surface area contributed by atoms with Crippen LogP contribution in [0.15, 0.2) is 84.7 Å². The van der Waals surface area contributed by atoms with Crippen molar-refractivity contribution in [2.45, 2.75) is 6.04 Å². The van der Waals surface area contributed by atoms with Crippen LogP contribution in [0.3, 0.4) is 0 Å². The molecule has 2 aliphatic rings. The van der Waals surface area contributed by atoms with Gasteiger partial charge in [0, 0.05) is 46.0 Å². The molecule has 2 aromatic carbocycles. The lowest BCUT2D eigenvalue weighted by atomic mass is 9.96. The fraction of sp³-hybridized carbons (Fsp3) is 0.321. The largest absolute Gasteiger partial charge is 0.383 e. The summed E-state index contributed by atoms with van der Waals surface area (Å²) >= 11 is 0. The average Bonchev–Trinajstić information content (AvgIpc) is 2.93. The van der Waals surface area contributed by atoms with E-state index >= 15 is 0 Å². The Bertz CT molecular complexity index is 1170. The lowest BCUT2D eigenvalue weighted by Gasteiger charge is -2.42. The topological polar surface area (TPSA) is 75.0 Å². The quantitative estimate of drug-likeness (QED) is 0.354. The van der Waals surface area contributed by atoms with Crippen LogP contribution in [0, 0.1) is 10.1 Å². The molecular weight excluding hydrogens is 454 g/mol. The number of nitrogens with zero attached hydrogens (tertiary/aromatic N) is 5. The molecule has 0 unspecified atom stereocenters. The van der Waals surface area contributed by atoms with Gasteiger partial charge in [0.2, 0.25) is 0 Å². The van der Waals surface area contributed by atoms with E-state index in [4.69, 9.17) is 4.74 Å². The van der Waals surface area contributed by atoms with Crippen molar-refractivity contribution in [2.75, 3.05) is 57.9 Å². The first-order valence-electron chi connectivity index (χ1n) is 12.3. The van der Waals surface area contributed by atoms with Gasteiger partial charge < -0.3 is 14.5 Å². The molecule has 0 radical (unpaired) electrons. The van der Waals surface area contributed by atoms with Crippen LogP contribution in [0.2, 0.25) is 0 Å². The zero-order valence-corrected chi connectivity index (χ0v) is 20.5. The molecule has 0 aliphatic carbocycles. The standard InChI is InChI=1S/C28H31N5O3/c1-36-20-19-32-21-25(33(34)35)28(26-24(32)13-8-14-29-26)31-17-15-30(16-18-31)27(22-9-4-2-5-10-22)23-11-6-3-7-12-23/h2-14,27H,15-21H2,1H3. The molecular formula is C28H31N5O3. The number of benzene rings is 2. The van der Waals surface area contributed by atoms with Gasteiger partial charge in [-0.25, -0.2) is 0 Å². The van der Waals surface area contributed by atoms with Crippen LogP contribution in [0.5, 0.6) is 0 Å². The van der Waals surface area contributed by atoms with Crippen LogP contribution in [-0.2, 0) is 4.74 Å². The molecule has 8 heteroatoms. The Morgan fingerprint density at radius 2 is 1.58 bits per heavy atom. The number of ether oxygens (including phenoxy) is 1. The van der Waals surface area contributed by atoms with Gasteiger partial charge in [-0.05, 0) is 23.3 Å². The van der Waals surface area contributed by atoms with E-state index in [1.807, 2.05) is 29.2 Å². The number of hydrogen-bond donors (Lipinski definition) is 0. The van der Waals surface area contributed by atoms with E-state index in [1.54, 1.807) is 13.3 Å². The highest BCUT2D eigenvalue weighted by molar-refractivity contribution is 5.78. The van der Waals surface area contributed by atoms with E-state index in [-0.39, 0.29) is 23.2 Å². The molecule has 3 aromatic rings. The summed E-state index contributed by atoms with van der Waals surface area (Å²) in [6.45, 7) is 4.27. The number of nitro groups is 1. The molecule has 186 valence electrons. The van der Waals surface area contributed by atoms with E-state index in [9.17, 15) is 10.1 Å². The van der Waals surface area contributed by atoms with Crippen LogP contribution in [0.1, 0.15) is 22.9 Å². The van der Waals surface area contributed by atoms with Gasteiger partial charge in [0.25, 0.3) is 5.70 Å². The third kappa shape index (κ3) is 4.82. The van der Waals surface area contributed by atoms with Crippen LogP contribution in [0.25, 0.3) is 5.70 Å². The highest BCUT2D eigenvalue weighted by atomic mass is 16.6. The summed E-state index contributed by atoms with van der Waals surface area (Å²) in [6, 6.07) is 25.1. The van der Waals surface area contributed by atoms with Crippen LogP contribution >= 0.6 is 0 Å². The molecule has 1 aromatic heterocycles. The van der Waals surface area contributed by atoms with Gasteiger partial charge in [0.15, 0.2) is 0 Å². The van der Waals surface area contributed by atoms with Crippen molar-refractivity contribution in [3.05, 3.63) is 112 Å². The van der Waals surface area contributed by atoms with Crippen molar-refractivity contribution in [1.82, 2.24) is 14.8 Å². The molecule has 1 saturated heterocycles. The molecule has 3 heterocycles. The van der Waals surface area contributed by atoms with Crippen molar-refractivity contribution in [1.29, 1.82) is 0 Å². The minimum atomic E-state index is -0.240. The molecule has 8 nitrogen and oxygen atoms in total. The number of hydrogen-bond acceptors (Lipinski definition) is 7. The number of pyridine rings is 1. The lowest BCUT2D eigenvalue weighted by Crippen LogP contribution is -2.48. The Kier molecular flexibility index (Phi) is 7.25. The lowest BCUT2D eigenvalue weighted by molar-refractivity contribution is -0.425. The Balaban J connectivity index is 1.43. The second-order valence-electron chi connectivity index (χ2n) is 9.08. The van der Waals surface area contributed by atoms with Crippen LogP contribution in [-0.4, -0.2) is 72.7 Å². The SMILES string of the molecule is COCCN1CC([N+](=O)[O-])=C(N2CCN(C(c3ccccc3)c3ccccc3)CC2)c2ncccc21. The molecule has 0 bridgehead atoms. The first kappa shape index (κ1) is 24.0. The minimum Gasteiger partial charge on any atom is -0.383 e. The van der Waals surface area contributed by atoms with E-state index in [0.717, 1.165) is 18.8 Å². The average molecular weight is 486 g/mol. The van der Waals surface area contributed by atoms with Gasteiger partial charge in [-0.2, -0.15) is 0 Å². The van der Waals surface area contributed by atoms with Crippen molar-refractivity contribution in [2.24, 2.45) is 0 Å². The van der Waals surface area contributed by atoms with Gasteiger partial charge in [-0.3, -0.25) is 20.0 Å². The number of piperazine rings is 1. The summed E-state index contributed by atoms with van der Waals surface area (Å²) in [5.74, 6) is 0. The zero-order valence-electron chi connectivity index (χ0n) is 20.5. The predicted molar refractivity (Wildman–Crippen MR) is 140 cm³/mol. The first-order chi connectivity index (χ1) is 17.7. The van der Waals surface area contributed by atoms with E-state index in [1.165, 1.54) is 11.1 Å². The Morgan fingerprint density at radius 1 is 0.944 bits per heavy atom. The highest BCUT2D eigenvalue weighted by Gasteiger charge is 2.37. The van der Waals surface area contributed by atoms with Gasteiger partial charge in [0.05, 0.1) is 23.3 Å². The summed E-state index contributed by atoms with van der Waals surface area (Å²) in [7, 11) is 1.64. The zero-order chi connectivity index (χ0) is 24.9. The number of rotatable bonds is 8. The third-order valence-electron chi connectivity index (χ3n) is 6.98. The van der Waals surface area contributed by atoms with Crippen molar-refractivity contribution < 1.29 is 9.66 Å². The fourth-order valence-electron chi connectivity index (χ4n) is 5.28. The summed E-state index contributed by atoms with van der Waals surface area (Å²) in [5, 5.41) is 12.2. The molecule has 1 fully saturated rings. The number of fused-ring (bicyclic) bond motifs is 1. The van der Waals surface area contributed by atoms with Crippen molar-refractivity contribution in [3.63, 3.8) is 0 Å². The predicted octanol–water partition coefficient (Wildman–Crippen LogP) is 3.90. The van der Waals surface area contributed by atoms with Gasteiger partial charge in [0.1, 0.15) is 17.9 Å². The van der Waals surface area contributed by atoms with Crippen LogP contribution < -0.4 is 4.90 Å². The number of anilines is 1. The molecule has 2 aliphatic heterocycles. The maximum Gasteiger partial charge on any atom is 0.290 e. The molecule has 5 rings (SSSR count). The molecule has 0 saturated carbocycles. The summed E-state index contributed by atoms with van der Waals surface area (Å²) < 4.78 is 5.24. The Morgan fingerprint density at radius 3 is 2.17 bits per heavy atom. The second-order valence-corrected chi connectivity index (χ2v) is 9.08. The smallest absolute Gasteiger partial charge is 0.290 e. The molecule has 0 spiro atoms. The molecule has 0 N–H and O–H groups in total. The number of methoxy groups -OCH3 is 1. The van der Waals surface area contributed by atoms with Crippen LogP contribution in [0.4, 0.5) is 5.69 Å². The molecule has 0 amide bonds. The minimum absolute atomic E-state index is 0.139. The highest BCUT2D eigenvalue weighted by Crippen LogP contribution is 2.37. The Hall–Kier alpha value is -3.75. The monoisotopic (exact) mass is 485 g/mol. The molecule has 36 heavy (non-hydrogen) atoms. The summed E-state index contributed by atoms with van der Waals surface area (Å²) in [5.41, 5.74) is 4.96. The third-order valence-corrected chi connectivity index (χ3v) is 6.98. The maximum absolute atomic E-state index is 12.2. The fourth-order valence-corrected chi connectivity index (χ4v) is 5.28. The van der Waals surface area contributed by atoms with Crippen molar-refractivity contribution >= 4 is 11.4 Å². The van der Waals surface area contributed by atoms with Gasteiger partial charge in [-0.15, -0.1) is 0 Å². The van der Waals surface area contributed by atoms with Gasteiger partial charge >= 0.3 is 0 Å². The second kappa shape index (κ2) is 10.9. The van der Waals surface area contributed by atoms with Crippen molar-refractivity contribution in [3.8, 4) is 0 Å². The number of aromatic nitrogens is 1. The first-order valence-corrected chi connectivity index (χ1v) is 12.3. The molecule has 0 atom stereocenters. The summed E-state index contributed by atoms with van der Waals surface area (Å²) in [4.78, 5) is 23.2. The Labute approximate surface area is 211 Å². The van der Waals surface area contributed by atoms with E-state index in [0.29, 0.717) is 37.6 Å². The van der Waals surface area contributed by atoms with Gasteiger partial charge in [-0.1, -0.05) is 60.7 Å². The normalized spacial score (nSPS) is 16.4. The van der Waals surface area contributed by atoms with E-state index < -0.39 is 0 Å².